The molecule has 3 N–H and O–H groups in total. The lowest BCUT2D eigenvalue weighted by molar-refractivity contribution is 0.280. The number of hydrogen-bond donors (Lipinski definition) is 2. The number of nitrogens with two attached hydrogens (primary N) is 1. The summed E-state index contributed by atoms with van der Waals surface area (Å²) in [5.74, 6) is 1.24. The van der Waals surface area contributed by atoms with Crippen LogP contribution in [0.4, 0.5) is 0 Å². The molecule has 6 nitrogen and oxygen atoms in total. The van der Waals surface area contributed by atoms with Crippen LogP contribution in [0, 0.1) is 0 Å². The van der Waals surface area contributed by atoms with Crippen LogP contribution in [0.5, 0.6) is 11.5 Å². The molecule has 31 heavy (non-hydrogen) atoms. The summed E-state index contributed by atoms with van der Waals surface area (Å²) in [7, 11) is -2.09. The molecule has 0 saturated carbocycles. The van der Waals surface area contributed by atoms with Gasteiger partial charge in [0.15, 0.2) is 11.5 Å². The van der Waals surface area contributed by atoms with Crippen LogP contribution in [0.15, 0.2) is 71.6 Å². The molecule has 0 unspecified atom stereocenters. The lowest BCUT2D eigenvalue weighted by Crippen LogP contribution is -2.18. The second-order valence-corrected chi connectivity index (χ2v) is 8.98. The Morgan fingerprint density at radius 1 is 1.00 bits per heavy atom. The number of sulfonamides is 1. The largest absolute Gasteiger partial charge is 0.493 e. The minimum Gasteiger partial charge on any atom is -0.493 e. The lowest BCUT2D eigenvalue weighted by atomic mass is 10.1. The molecule has 8 heteroatoms. The number of hydrogen-bond acceptors (Lipinski definition) is 5. The van der Waals surface area contributed by atoms with Gasteiger partial charge < -0.3 is 14.8 Å². The van der Waals surface area contributed by atoms with E-state index in [1.165, 1.54) is 12.1 Å². The van der Waals surface area contributed by atoms with Crippen molar-refractivity contribution in [1.29, 1.82) is 0 Å². The summed E-state index contributed by atoms with van der Waals surface area (Å²) in [6, 6.07) is 20.1. The van der Waals surface area contributed by atoms with Crippen molar-refractivity contribution in [1.82, 2.24) is 5.32 Å². The molecule has 3 aromatic rings. The third kappa shape index (κ3) is 6.70. The highest BCUT2D eigenvalue weighted by Gasteiger charge is 2.13. The monoisotopic (exact) mass is 460 g/mol. The zero-order valence-corrected chi connectivity index (χ0v) is 18.7. The van der Waals surface area contributed by atoms with Crippen LogP contribution in [0.1, 0.15) is 16.7 Å². The van der Waals surface area contributed by atoms with Gasteiger partial charge in [-0.15, -0.1) is 0 Å². The molecule has 0 saturated heterocycles. The molecule has 0 aromatic heterocycles. The van der Waals surface area contributed by atoms with Gasteiger partial charge >= 0.3 is 0 Å². The third-order valence-electron chi connectivity index (χ3n) is 4.70. The van der Waals surface area contributed by atoms with Crippen molar-refractivity contribution in [3.8, 4) is 11.5 Å². The normalized spacial score (nSPS) is 11.3. The summed E-state index contributed by atoms with van der Waals surface area (Å²) in [6.07, 6.45) is 0.725. The number of methoxy groups -OCH3 is 1. The highest BCUT2D eigenvalue weighted by atomic mass is 35.5. The first-order valence-corrected chi connectivity index (χ1v) is 11.6. The number of primary sulfonamides is 1. The van der Waals surface area contributed by atoms with Crippen LogP contribution in [0.25, 0.3) is 0 Å². The topological polar surface area (TPSA) is 90.6 Å². The first-order chi connectivity index (χ1) is 14.9. The minimum atomic E-state index is -3.68. The number of rotatable bonds is 10. The fraction of sp³-hybridized carbons (Fsp3) is 0.217. The third-order valence-corrected chi connectivity index (χ3v) is 5.85. The number of halogens is 1. The fourth-order valence-electron chi connectivity index (χ4n) is 3.10. The van der Waals surface area contributed by atoms with E-state index in [4.69, 9.17) is 26.2 Å². The summed E-state index contributed by atoms with van der Waals surface area (Å²) < 4.78 is 34.2. The summed E-state index contributed by atoms with van der Waals surface area (Å²) in [5.41, 5.74) is 2.95. The van der Waals surface area contributed by atoms with Crippen LogP contribution < -0.4 is 19.9 Å². The Balaban J connectivity index is 1.63. The van der Waals surface area contributed by atoms with Gasteiger partial charge in [0.05, 0.1) is 12.0 Å². The molecule has 0 amide bonds. The molecule has 3 rings (SSSR count). The Morgan fingerprint density at radius 3 is 2.35 bits per heavy atom. The molecule has 164 valence electrons. The maximum atomic E-state index is 11.3. The molecule has 0 heterocycles. The summed E-state index contributed by atoms with van der Waals surface area (Å²) >= 11 is 6.26. The Kier molecular flexibility index (Phi) is 7.92. The predicted octanol–water partition coefficient (Wildman–Crippen LogP) is 3.91. The van der Waals surface area contributed by atoms with Gasteiger partial charge in [0.1, 0.15) is 6.61 Å². The van der Waals surface area contributed by atoms with E-state index in [0.717, 1.165) is 23.1 Å². The van der Waals surface area contributed by atoms with Crippen LogP contribution >= 0.6 is 11.6 Å². The lowest BCUT2D eigenvalue weighted by Gasteiger charge is -2.16. The van der Waals surface area contributed by atoms with E-state index in [-0.39, 0.29) is 4.90 Å². The molecule has 0 spiro atoms. The molecule has 0 bridgehead atoms. The summed E-state index contributed by atoms with van der Waals surface area (Å²) in [6.45, 7) is 1.64. The molecular formula is C23H25ClN2O4S. The average molecular weight is 461 g/mol. The second kappa shape index (κ2) is 10.6. The van der Waals surface area contributed by atoms with Crippen molar-refractivity contribution in [2.75, 3.05) is 13.7 Å². The van der Waals surface area contributed by atoms with E-state index >= 15 is 0 Å². The standard InChI is InChI=1S/C23H25ClN2O4S/c1-29-22-14-20(24)13-19(23(22)30-16-18-5-3-2-4-6-18)15-26-12-11-17-7-9-21(10-8-17)31(25,27)28/h2-10,13-14,26H,11-12,15-16H2,1H3,(H2,25,27,28). The molecule has 0 aliphatic heterocycles. The van der Waals surface area contributed by atoms with Gasteiger partial charge in [0.25, 0.3) is 0 Å². The first-order valence-electron chi connectivity index (χ1n) is 9.72. The molecule has 0 aliphatic carbocycles. The highest BCUT2D eigenvalue weighted by Crippen LogP contribution is 2.35. The van der Waals surface area contributed by atoms with Gasteiger partial charge in [-0.25, -0.2) is 13.6 Å². The minimum absolute atomic E-state index is 0.107. The van der Waals surface area contributed by atoms with Crippen molar-refractivity contribution >= 4 is 21.6 Å². The van der Waals surface area contributed by atoms with E-state index in [1.807, 2.05) is 36.4 Å². The van der Waals surface area contributed by atoms with Crippen molar-refractivity contribution in [2.24, 2.45) is 5.14 Å². The Morgan fingerprint density at radius 2 is 1.71 bits per heavy atom. The van der Waals surface area contributed by atoms with E-state index in [1.54, 1.807) is 25.3 Å². The molecule has 0 fully saturated rings. The van der Waals surface area contributed by atoms with Crippen molar-refractivity contribution in [3.63, 3.8) is 0 Å². The maximum absolute atomic E-state index is 11.3. The number of ether oxygens (including phenoxy) is 2. The van der Waals surface area contributed by atoms with Gasteiger partial charge in [-0.3, -0.25) is 0 Å². The van der Waals surface area contributed by atoms with Gasteiger partial charge in [-0.2, -0.15) is 0 Å². The summed E-state index contributed by atoms with van der Waals surface area (Å²) in [5, 5.41) is 9.08. The molecule has 0 atom stereocenters. The van der Waals surface area contributed by atoms with Crippen LogP contribution in [-0.4, -0.2) is 22.1 Å². The fourth-order valence-corrected chi connectivity index (χ4v) is 3.85. The first kappa shape index (κ1) is 23.1. The van der Waals surface area contributed by atoms with Crippen LogP contribution in [0.2, 0.25) is 5.02 Å². The van der Waals surface area contributed by atoms with Crippen LogP contribution in [-0.2, 0) is 29.6 Å². The van der Waals surface area contributed by atoms with Gasteiger partial charge in [0.2, 0.25) is 10.0 Å². The van der Waals surface area contributed by atoms with Crippen molar-refractivity contribution < 1.29 is 17.9 Å². The predicted molar refractivity (Wildman–Crippen MR) is 122 cm³/mol. The van der Waals surface area contributed by atoms with E-state index in [2.05, 4.69) is 5.32 Å². The average Bonchev–Trinajstić information content (AvgIpc) is 2.76. The summed E-state index contributed by atoms with van der Waals surface area (Å²) in [4.78, 5) is 0.107. The van der Waals surface area contributed by atoms with Gasteiger partial charge in [-0.1, -0.05) is 54.1 Å². The van der Waals surface area contributed by atoms with E-state index < -0.39 is 10.0 Å². The number of benzene rings is 3. The second-order valence-electron chi connectivity index (χ2n) is 6.99. The molecule has 0 aliphatic rings. The SMILES string of the molecule is COc1cc(Cl)cc(CNCCc2ccc(S(N)(=O)=O)cc2)c1OCc1ccccc1. The number of nitrogens with one attached hydrogen (secondary N) is 1. The Bertz CT molecular complexity index is 1100. The highest BCUT2D eigenvalue weighted by molar-refractivity contribution is 7.89. The zero-order chi connectivity index (χ0) is 22.3. The maximum Gasteiger partial charge on any atom is 0.238 e. The van der Waals surface area contributed by atoms with Crippen molar-refractivity contribution in [2.45, 2.75) is 24.5 Å². The zero-order valence-electron chi connectivity index (χ0n) is 17.2. The Labute approximate surface area is 188 Å². The Hall–Kier alpha value is -2.58. The van der Waals surface area contributed by atoms with Crippen LogP contribution in [0.3, 0.4) is 0 Å². The van der Waals surface area contributed by atoms with Crippen molar-refractivity contribution in [3.05, 3.63) is 88.4 Å². The van der Waals surface area contributed by atoms with E-state index in [0.29, 0.717) is 36.2 Å². The van der Waals surface area contributed by atoms with Gasteiger partial charge in [-0.05, 0) is 42.3 Å². The van der Waals surface area contributed by atoms with E-state index in [9.17, 15) is 8.42 Å². The van der Waals surface area contributed by atoms with Gasteiger partial charge in [0, 0.05) is 23.2 Å². The molecular weight excluding hydrogens is 436 g/mol. The molecule has 3 aromatic carbocycles. The smallest absolute Gasteiger partial charge is 0.238 e. The quantitative estimate of drug-likeness (QED) is 0.448. The molecule has 0 radical (unpaired) electrons.